The van der Waals surface area contributed by atoms with Gasteiger partial charge in [-0.15, -0.1) is 11.3 Å². The monoisotopic (exact) mass is 272 g/mol. The van der Waals surface area contributed by atoms with E-state index in [2.05, 4.69) is 11.4 Å². The zero-order valence-electron chi connectivity index (χ0n) is 11.2. The van der Waals surface area contributed by atoms with Gasteiger partial charge in [-0.1, -0.05) is 6.07 Å². The summed E-state index contributed by atoms with van der Waals surface area (Å²) in [4.78, 5) is 13.9. The van der Waals surface area contributed by atoms with Gasteiger partial charge < -0.3 is 0 Å². The third-order valence-corrected chi connectivity index (χ3v) is 6.34. The Balaban J connectivity index is 1.56. The number of carbonyl (C=O) groups is 1. The number of thiophene rings is 1. The maximum atomic E-state index is 12.7. The summed E-state index contributed by atoms with van der Waals surface area (Å²) in [6.45, 7) is 0. The number of hydrogen-bond acceptors (Lipinski definition) is 2. The Morgan fingerprint density at radius 2 is 1.79 bits per heavy atom. The Kier molecular flexibility index (Phi) is 2.70. The molecule has 19 heavy (non-hydrogen) atoms. The van der Waals surface area contributed by atoms with Crippen LogP contribution in [-0.2, 0) is 4.79 Å². The molecule has 0 amide bonds. The molecule has 100 valence electrons. The first-order valence-electron chi connectivity index (χ1n) is 7.49. The van der Waals surface area contributed by atoms with Crippen LogP contribution in [0, 0.1) is 23.2 Å². The van der Waals surface area contributed by atoms with Crippen LogP contribution in [0.25, 0.3) is 6.08 Å². The Labute approximate surface area is 118 Å². The molecule has 1 nitrogen and oxygen atoms in total. The van der Waals surface area contributed by atoms with Crippen molar-refractivity contribution in [1.82, 2.24) is 0 Å². The molecular weight excluding hydrogens is 252 g/mol. The molecule has 2 heteroatoms. The van der Waals surface area contributed by atoms with Crippen LogP contribution in [0.3, 0.4) is 0 Å². The second-order valence-electron chi connectivity index (χ2n) is 6.91. The fourth-order valence-electron chi connectivity index (χ4n) is 5.13. The van der Waals surface area contributed by atoms with Crippen LogP contribution in [0.5, 0.6) is 0 Å². The van der Waals surface area contributed by atoms with Gasteiger partial charge in [-0.05, 0) is 79.9 Å². The van der Waals surface area contributed by atoms with E-state index in [1.54, 1.807) is 11.3 Å². The van der Waals surface area contributed by atoms with Crippen LogP contribution >= 0.6 is 11.3 Å². The molecule has 1 heterocycles. The van der Waals surface area contributed by atoms with Crippen molar-refractivity contribution in [3.8, 4) is 0 Å². The lowest BCUT2D eigenvalue weighted by molar-refractivity contribution is -0.138. The summed E-state index contributed by atoms with van der Waals surface area (Å²) in [5.41, 5.74) is 0.0303. The second-order valence-corrected chi connectivity index (χ2v) is 7.89. The van der Waals surface area contributed by atoms with Crippen molar-refractivity contribution in [3.63, 3.8) is 0 Å². The largest absolute Gasteiger partial charge is 0.294 e. The summed E-state index contributed by atoms with van der Waals surface area (Å²) in [6, 6.07) is 4.12. The van der Waals surface area contributed by atoms with E-state index in [0.717, 1.165) is 17.8 Å². The molecule has 0 spiro atoms. The minimum atomic E-state index is 0.0303. The number of carbonyl (C=O) groups excluding carboxylic acids is 1. The van der Waals surface area contributed by atoms with Crippen molar-refractivity contribution in [2.75, 3.05) is 0 Å². The smallest absolute Gasteiger partial charge is 0.161 e. The first-order valence-corrected chi connectivity index (χ1v) is 8.37. The molecule has 0 aromatic carbocycles. The van der Waals surface area contributed by atoms with Crippen molar-refractivity contribution in [3.05, 3.63) is 28.5 Å². The average Bonchev–Trinajstić information content (AvgIpc) is 2.87. The zero-order chi connectivity index (χ0) is 12.9. The van der Waals surface area contributed by atoms with Gasteiger partial charge in [0.2, 0.25) is 0 Å². The molecule has 4 aliphatic carbocycles. The van der Waals surface area contributed by atoms with Gasteiger partial charge in [-0.3, -0.25) is 4.79 Å². The van der Waals surface area contributed by atoms with Crippen LogP contribution in [0.2, 0.25) is 0 Å². The standard InChI is InChI=1S/C17H20OS/c18-16(4-3-15-2-1-5-19-15)17-9-12-6-13(10-17)8-14(7-12)11-17/h1-5,12-14H,6-11H2. The average molecular weight is 272 g/mol. The van der Waals surface area contributed by atoms with Gasteiger partial charge in [0.15, 0.2) is 5.78 Å². The lowest BCUT2D eigenvalue weighted by atomic mass is 9.48. The molecule has 1 aromatic heterocycles. The van der Waals surface area contributed by atoms with Crippen molar-refractivity contribution in [2.45, 2.75) is 38.5 Å². The van der Waals surface area contributed by atoms with Gasteiger partial charge >= 0.3 is 0 Å². The van der Waals surface area contributed by atoms with Crippen molar-refractivity contribution >= 4 is 23.2 Å². The summed E-state index contributed by atoms with van der Waals surface area (Å²) in [6.07, 6.45) is 11.6. The molecule has 0 N–H and O–H groups in total. The van der Waals surface area contributed by atoms with Crippen molar-refractivity contribution < 1.29 is 4.79 Å². The summed E-state index contributed by atoms with van der Waals surface area (Å²) in [5.74, 6) is 2.97. The molecule has 4 saturated carbocycles. The first-order chi connectivity index (χ1) is 9.23. The molecule has 0 atom stereocenters. The third-order valence-electron chi connectivity index (χ3n) is 5.50. The Morgan fingerprint density at radius 1 is 1.16 bits per heavy atom. The predicted molar refractivity (Wildman–Crippen MR) is 79.0 cm³/mol. The van der Waals surface area contributed by atoms with E-state index in [-0.39, 0.29) is 5.41 Å². The topological polar surface area (TPSA) is 17.1 Å². The lowest BCUT2D eigenvalue weighted by Crippen LogP contribution is -2.49. The van der Waals surface area contributed by atoms with Crippen LogP contribution in [0.4, 0.5) is 0 Å². The summed E-state index contributed by atoms with van der Waals surface area (Å²) < 4.78 is 0. The highest BCUT2D eigenvalue weighted by molar-refractivity contribution is 7.10. The molecule has 0 saturated heterocycles. The highest BCUT2D eigenvalue weighted by atomic mass is 32.1. The van der Waals surface area contributed by atoms with E-state index in [1.807, 2.05) is 18.2 Å². The van der Waals surface area contributed by atoms with Crippen LogP contribution < -0.4 is 0 Å². The van der Waals surface area contributed by atoms with Crippen LogP contribution in [0.15, 0.2) is 23.6 Å². The van der Waals surface area contributed by atoms with Crippen molar-refractivity contribution in [2.24, 2.45) is 23.2 Å². The number of rotatable bonds is 3. The van der Waals surface area contributed by atoms with Crippen molar-refractivity contribution in [1.29, 1.82) is 0 Å². The number of ketones is 1. The van der Waals surface area contributed by atoms with E-state index in [4.69, 9.17) is 0 Å². The van der Waals surface area contributed by atoms with E-state index in [1.165, 1.54) is 43.4 Å². The van der Waals surface area contributed by atoms with Crippen LogP contribution in [-0.4, -0.2) is 5.78 Å². The normalized spacial score (nSPS) is 40.1. The predicted octanol–water partition coefficient (Wildman–Crippen LogP) is 4.55. The molecule has 0 aliphatic heterocycles. The summed E-state index contributed by atoms with van der Waals surface area (Å²) in [7, 11) is 0. The maximum absolute atomic E-state index is 12.7. The molecule has 4 bridgehead atoms. The van der Waals surface area contributed by atoms with E-state index < -0.39 is 0 Å². The highest BCUT2D eigenvalue weighted by Gasteiger charge is 2.53. The van der Waals surface area contributed by atoms with Gasteiger partial charge in [-0.25, -0.2) is 0 Å². The van der Waals surface area contributed by atoms with Gasteiger partial charge in [0.05, 0.1) is 0 Å². The summed E-state index contributed by atoms with van der Waals surface area (Å²) in [5, 5.41) is 2.06. The molecule has 0 radical (unpaired) electrons. The molecular formula is C17H20OS. The Morgan fingerprint density at radius 3 is 2.32 bits per heavy atom. The quantitative estimate of drug-likeness (QED) is 0.738. The van der Waals surface area contributed by atoms with E-state index >= 15 is 0 Å². The van der Waals surface area contributed by atoms with E-state index in [9.17, 15) is 4.79 Å². The minimum Gasteiger partial charge on any atom is -0.294 e. The Hall–Kier alpha value is -0.890. The lowest BCUT2D eigenvalue weighted by Gasteiger charge is -2.55. The van der Waals surface area contributed by atoms with Gasteiger partial charge in [0.25, 0.3) is 0 Å². The zero-order valence-corrected chi connectivity index (χ0v) is 12.0. The molecule has 4 aliphatic rings. The van der Waals surface area contributed by atoms with Gasteiger partial charge in [-0.2, -0.15) is 0 Å². The first kappa shape index (κ1) is 11.9. The fourth-order valence-corrected chi connectivity index (χ4v) is 5.75. The fraction of sp³-hybridized carbons (Fsp3) is 0.588. The van der Waals surface area contributed by atoms with Crippen LogP contribution in [0.1, 0.15) is 43.4 Å². The van der Waals surface area contributed by atoms with Gasteiger partial charge in [0.1, 0.15) is 0 Å². The SMILES string of the molecule is O=C(C=Cc1cccs1)C12CC3CC(CC(C3)C1)C2. The minimum absolute atomic E-state index is 0.0303. The maximum Gasteiger partial charge on any atom is 0.161 e. The molecule has 0 unspecified atom stereocenters. The Bertz CT molecular complexity index is 476. The molecule has 5 rings (SSSR count). The second kappa shape index (κ2) is 4.31. The molecule has 4 fully saturated rings. The third kappa shape index (κ3) is 2.01. The number of allylic oxidation sites excluding steroid dienone is 1. The highest BCUT2D eigenvalue weighted by Crippen LogP contribution is 2.60. The molecule has 1 aromatic rings. The van der Waals surface area contributed by atoms with E-state index in [0.29, 0.717) is 5.78 Å². The number of hydrogen-bond donors (Lipinski definition) is 0. The van der Waals surface area contributed by atoms with Gasteiger partial charge in [0, 0.05) is 10.3 Å². The summed E-state index contributed by atoms with van der Waals surface area (Å²) >= 11 is 1.70.